The predicted molar refractivity (Wildman–Crippen MR) is 104 cm³/mol. The number of hydrogen-bond acceptors (Lipinski definition) is 3. The number of fused-ring (bicyclic) bond motifs is 6. The van der Waals surface area contributed by atoms with E-state index in [4.69, 9.17) is 9.47 Å². The van der Waals surface area contributed by atoms with Crippen LogP contribution in [0.15, 0.2) is 60.7 Å². The molecule has 5 heteroatoms. The molecular formula is C22H20N2O3. The van der Waals surface area contributed by atoms with Gasteiger partial charge in [-0.3, -0.25) is 4.90 Å². The third-order valence-corrected chi connectivity index (χ3v) is 5.50. The molecule has 136 valence electrons. The molecule has 27 heavy (non-hydrogen) atoms. The number of anilines is 1. The van der Waals surface area contributed by atoms with Crippen molar-refractivity contribution in [3.05, 3.63) is 66.2 Å². The van der Waals surface area contributed by atoms with Gasteiger partial charge in [-0.25, -0.2) is 4.79 Å². The number of amides is 2. The molecule has 0 aliphatic carbocycles. The summed E-state index contributed by atoms with van der Waals surface area (Å²) in [5.41, 5.74) is 1.09. The zero-order valence-corrected chi connectivity index (χ0v) is 15.2. The van der Waals surface area contributed by atoms with E-state index in [-0.39, 0.29) is 12.1 Å². The van der Waals surface area contributed by atoms with Gasteiger partial charge in [-0.1, -0.05) is 30.3 Å². The number of rotatable bonds is 2. The average Bonchev–Trinajstić information content (AvgIpc) is 2.67. The first kappa shape index (κ1) is 16.0. The molecule has 2 aliphatic heterocycles. The fourth-order valence-electron chi connectivity index (χ4n) is 4.29. The molecule has 2 aliphatic rings. The van der Waals surface area contributed by atoms with Crippen LogP contribution < -0.4 is 19.7 Å². The first-order valence-electron chi connectivity index (χ1n) is 9.04. The van der Waals surface area contributed by atoms with Gasteiger partial charge >= 0.3 is 6.03 Å². The fourth-order valence-corrected chi connectivity index (χ4v) is 4.29. The Labute approximate surface area is 157 Å². The van der Waals surface area contributed by atoms with Crippen LogP contribution in [0, 0.1) is 0 Å². The van der Waals surface area contributed by atoms with Crippen molar-refractivity contribution in [1.82, 2.24) is 5.32 Å². The number of ether oxygens (including phenoxy) is 2. The smallest absolute Gasteiger partial charge is 0.325 e. The number of nitrogens with zero attached hydrogens (tertiary/aromatic N) is 1. The SMILES string of the molecule is COc1ccc(N2C(=O)N[C@H]3C[C@@]2(C)Oc2ccc4ccccc4c23)cc1. The Morgan fingerprint density at radius 2 is 1.89 bits per heavy atom. The number of methoxy groups -OCH3 is 1. The summed E-state index contributed by atoms with van der Waals surface area (Å²) in [6, 6.07) is 19.5. The number of nitrogens with one attached hydrogen (secondary N) is 1. The van der Waals surface area contributed by atoms with E-state index >= 15 is 0 Å². The van der Waals surface area contributed by atoms with E-state index in [1.807, 2.05) is 49.4 Å². The van der Waals surface area contributed by atoms with Crippen LogP contribution in [0.25, 0.3) is 10.8 Å². The van der Waals surface area contributed by atoms with Crippen molar-refractivity contribution in [2.45, 2.75) is 25.1 Å². The molecule has 3 aromatic carbocycles. The van der Waals surface area contributed by atoms with Crippen LogP contribution in [0.1, 0.15) is 24.9 Å². The van der Waals surface area contributed by atoms with Gasteiger partial charge in [-0.05, 0) is 48.0 Å². The zero-order valence-electron chi connectivity index (χ0n) is 15.2. The Morgan fingerprint density at radius 3 is 2.67 bits per heavy atom. The van der Waals surface area contributed by atoms with E-state index in [2.05, 4.69) is 23.5 Å². The number of carbonyl (C=O) groups is 1. The van der Waals surface area contributed by atoms with Crippen LogP contribution in [0.2, 0.25) is 0 Å². The summed E-state index contributed by atoms with van der Waals surface area (Å²) in [5.74, 6) is 1.58. The second kappa shape index (κ2) is 5.64. The third-order valence-electron chi connectivity index (χ3n) is 5.50. The van der Waals surface area contributed by atoms with E-state index in [9.17, 15) is 4.79 Å². The molecule has 0 radical (unpaired) electrons. The Morgan fingerprint density at radius 1 is 1.11 bits per heavy atom. The van der Waals surface area contributed by atoms with Crippen LogP contribution in [0.5, 0.6) is 11.5 Å². The molecule has 2 bridgehead atoms. The van der Waals surface area contributed by atoms with E-state index in [1.54, 1.807) is 12.0 Å². The van der Waals surface area contributed by atoms with Crippen molar-refractivity contribution in [3.63, 3.8) is 0 Å². The van der Waals surface area contributed by atoms with E-state index in [0.29, 0.717) is 6.42 Å². The molecule has 0 spiro atoms. The van der Waals surface area contributed by atoms with Crippen LogP contribution >= 0.6 is 0 Å². The van der Waals surface area contributed by atoms with Gasteiger partial charge in [-0.15, -0.1) is 0 Å². The molecule has 2 atom stereocenters. The highest BCUT2D eigenvalue weighted by Gasteiger charge is 2.50. The van der Waals surface area contributed by atoms with Crippen molar-refractivity contribution >= 4 is 22.5 Å². The molecule has 0 aromatic heterocycles. The minimum absolute atomic E-state index is 0.0770. The molecule has 2 amide bonds. The molecule has 5 nitrogen and oxygen atoms in total. The van der Waals surface area contributed by atoms with Crippen molar-refractivity contribution in [2.75, 3.05) is 12.0 Å². The lowest BCUT2D eigenvalue weighted by atomic mass is 9.87. The average molecular weight is 360 g/mol. The quantitative estimate of drug-likeness (QED) is 0.726. The van der Waals surface area contributed by atoms with Crippen molar-refractivity contribution in [1.29, 1.82) is 0 Å². The van der Waals surface area contributed by atoms with Gasteiger partial charge in [0.1, 0.15) is 11.5 Å². The van der Waals surface area contributed by atoms with Crippen LogP contribution in [-0.4, -0.2) is 18.9 Å². The summed E-state index contributed by atoms with van der Waals surface area (Å²) in [6.07, 6.45) is 0.672. The molecule has 1 fully saturated rings. The van der Waals surface area contributed by atoms with Gasteiger partial charge in [0, 0.05) is 17.7 Å². The third kappa shape index (κ3) is 2.35. The topological polar surface area (TPSA) is 50.8 Å². The Kier molecular flexibility index (Phi) is 3.34. The molecule has 5 rings (SSSR count). The van der Waals surface area contributed by atoms with Crippen LogP contribution in [0.3, 0.4) is 0 Å². The zero-order chi connectivity index (χ0) is 18.6. The minimum Gasteiger partial charge on any atom is -0.497 e. The van der Waals surface area contributed by atoms with Gasteiger partial charge in [0.15, 0.2) is 5.72 Å². The lowest BCUT2D eigenvalue weighted by molar-refractivity contribution is 0.0385. The van der Waals surface area contributed by atoms with Gasteiger partial charge < -0.3 is 14.8 Å². The summed E-state index contributed by atoms with van der Waals surface area (Å²) in [4.78, 5) is 14.7. The van der Waals surface area contributed by atoms with Crippen LogP contribution in [0.4, 0.5) is 10.5 Å². The summed E-state index contributed by atoms with van der Waals surface area (Å²) in [6.45, 7) is 1.97. The van der Waals surface area contributed by atoms with Gasteiger partial charge in [0.2, 0.25) is 0 Å². The van der Waals surface area contributed by atoms with Crippen molar-refractivity contribution < 1.29 is 14.3 Å². The molecule has 3 aromatic rings. The lowest BCUT2D eigenvalue weighted by Gasteiger charge is -2.50. The van der Waals surface area contributed by atoms with Crippen molar-refractivity contribution in [2.24, 2.45) is 0 Å². The first-order valence-corrected chi connectivity index (χ1v) is 9.04. The maximum Gasteiger partial charge on any atom is 0.325 e. The highest BCUT2D eigenvalue weighted by atomic mass is 16.5. The molecule has 1 N–H and O–H groups in total. The highest BCUT2D eigenvalue weighted by Crippen LogP contribution is 2.48. The normalized spacial score (nSPS) is 23.4. The number of benzene rings is 3. The Bertz CT molecular complexity index is 1050. The second-order valence-electron chi connectivity index (χ2n) is 7.22. The van der Waals surface area contributed by atoms with E-state index in [0.717, 1.165) is 33.5 Å². The maximum absolute atomic E-state index is 13.0. The van der Waals surface area contributed by atoms with E-state index < -0.39 is 5.72 Å². The number of carbonyl (C=O) groups excluding carboxylic acids is 1. The predicted octanol–water partition coefficient (Wildman–Crippen LogP) is 4.62. The van der Waals surface area contributed by atoms with Gasteiger partial charge in [0.05, 0.1) is 13.2 Å². The summed E-state index contributed by atoms with van der Waals surface area (Å²) in [7, 11) is 1.63. The number of urea groups is 1. The van der Waals surface area contributed by atoms with Gasteiger partial charge in [0.25, 0.3) is 0 Å². The Balaban J connectivity index is 1.61. The minimum atomic E-state index is -0.753. The molecule has 1 saturated heterocycles. The van der Waals surface area contributed by atoms with Gasteiger partial charge in [-0.2, -0.15) is 0 Å². The molecular weight excluding hydrogens is 340 g/mol. The largest absolute Gasteiger partial charge is 0.497 e. The molecule has 2 heterocycles. The first-order chi connectivity index (χ1) is 13.1. The monoisotopic (exact) mass is 360 g/mol. The summed E-state index contributed by atoms with van der Waals surface area (Å²) in [5, 5.41) is 5.45. The molecule has 0 saturated carbocycles. The molecule has 0 unspecified atom stereocenters. The maximum atomic E-state index is 13.0. The summed E-state index contributed by atoms with van der Waals surface area (Å²) < 4.78 is 11.7. The number of hydrogen-bond donors (Lipinski definition) is 1. The van der Waals surface area contributed by atoms with Crippen molar-refractivity contribution in [3.8, 4) is 11.5 Å². The second-order valence-corrected chi connectivity index (χ2v) is 7.22. The fraction of sp³-hybridized carbons (Fsp3) is 0.227. The van der Waals surface area contributed by atoms with E-state index in [1.165, 1.54) is 0 Å². The standard InChI is InChI=1S/C22H20N2O3/c1-22-13-18(20-17-6-4-3-5-14(17)7-12-19(20)27-22)23-21(25)24(22)15-8-10-16(26-2)11-9-15/h3-12,18H,13H2,1-2H3,(H,23,25)/t18-,22+/m0/s1. The Hall–Kier alpha value is -3.21. The van der Waals surface area contributed by atoms with Crippen LogP contribution in [-0.2, 0) is 0 Å². The lowest BCUT2D eigenvalue weighted by Crippen LogP contribution is -2.65. The summed E-state index contributed by atoms with van der Waals surface area (Å²) >= 11 is 0. The highest BCUT2D eigenvalue weighted by molar-refractivity contribution is 5.96.